The van der Waals surface area contributed by atoms with Crippen LogP contribution in [0.3, 0.4) is 0 Å². The summed E-state index contributed by atoms with van der Waals surface area (Å²) in [6.45, 7) is 3.83. The standard InChI is InChI=1S/C9H11ClN2O/c1-6-4-7(2)11-8(5-6)12(3)9(10)13/h4-5H,1-3H3. The van der Waals surface area contributed by atoms with E-state index >= 15 is 0 Å². The number of hydrogen-bond acceptors (Lipinski definition) is 2. The second-order valence-electron chi connectivity index (χ2n) is 2.96. The van der Waals surface area contributed by atoms with Crippen LogP contribution in [0.4, 0.5) is 10.6 Å². The molecule has 0 aromatic carbocycles. The summed E-state index contributed by atoms with van der Waals surface area (Å²) in [4.78, 5) is 16.3. The van der Waals surface area contributed by atoms with Gasteiger partial charge in [-0.2, -0.15) is 0 Å². The van der Waals surface area contributed by atoms with Gasteiger partial charge in [-0.25, -0.2) is 4.98 Å². The third-order valence-electron chi connectivity index (χ3n) is 1.69. The Hall–Kier alpha value is -1.09. The number of carbonyl (C=O) groups is 1. The Morgan fingerprint density at radius 2 is 2.08 bits per heavy atom. The zero-order valence-electron chi connectivity index (χ0n) is 7.84. The first kappa shape index (κ1) is 9.99. The van der Waals surface area contributed by atoms with Gasteiger partial charge in [-0.1, -0.05) is 0 Å². The maximum atomic E-state index is 10.8. The van der Waals surface area contributed by atoms with Gasteiger partial charge >= 0.3 is 5.37 Å². The van der Waals surface area contributed by atoms with Crippen LogP contribution in [0.1, 0.15) is 11.3 Å². The number of anilines is 1. The van der Waals surface area contributed by atoms with Crippen molar-refractivity contribution in [1.29, 1.82) is 0 Å². The molecule has 0 aliphatic rings. The second kappa shape index (κ2) is 3.75. The molecule has 0 unspecified atom stereocenters. The van der Waals surface area contributed by atoms with E-state index in [1.54, 1.807) is 7.05 Å². The van der Waals surface area contributed by atoms with Crippen molar-refractivity contribution in [3.8, 4) is 0 Å². The minimum absolute atomic E-state index is 0.530. The molecular weight excluding hydrogens is 188 g/mol. The third kappa shape index (κ3) is 2.42. The molecule has 0 fully saturated rings. The van der Waals surface area contributed by atoms with Crippen molar-refractivity contribution in [3.05, 3.63) is 23.4 Å². The van der Waals surface area contributed by atoms with E-state index in [9.17, 15) is 4.79 Å². The van der Waals surface area contributed by atoms with E-state index in [2.05, 4.69) is 4.98 Å². The number of pyridine rings is 1. The summed E-state index contributed by atoms with van der Waals surface area (Å²) in [5.41, 5.74) is 1.94. The number of amides is 1. The van der Waals surface area contributed by atoms with Gasteiger partial charge in [0.25, 0.3) is 0 Å². The molecule has 1 aromatic heterocycles. The number of halogens is 1. The zero-order chi connectivity index (χ0) is 10.0. The Kier molecular flexibility index (Phi) is 2.88. The van der Waals surface area contributed by atoms with Crippen molar-refractivity contribution in [2.24, 2.45) is 0 Å². The van der Waals surface area contributed by atoms with Gasteiger partial charge in [-0.05, 0) is 43.1 Å². The molecule has 1 aromatic rings. The van der Waals surface area contributed by atoms with Crippen molar-refractivity contribution in [1.82, 2.24) is 4.98 Å². The number of hydrogen-bond donors (Lipinski definition) is 0. The number of aryl methyl sites for hydroxylation is 2. The fourth-order valence-corrected chi connectivity index (χ4v) is 1.17. The van der Waals surface area contributed by atoms with Crippen molar-refractivity contribution in [2.75, 3.05) is 11.9 Å². The number of rotatable bonds is 1. The Bertz CT molecular complexity index is 318. The highest BCUT2D eigenvalue weighted by atomic mass is 35.5. The van der Waals surface area contributed by atoms with Crippen LogP contribution in [0.2, 0.25) is 0 Å². The molecule has 0 saturated heterocycles. The molecule has 13 heavy (non-hydrogen) atoms. The first-order chi connectivity index (χ1) is 6.00. The predicted octanol–water partition coefficient (Wildman–Crippen LogP) is 2.49. The summed E-state index contributed by atoms with van der Waals surface area (Å²) in [5, 5.41) is -0.530. The largest absolute Gasteiger partial charge is 0.321 e. The van der Waals surface area contributed by atoms with Gasteiger partial charge in [-0.15, -0.1) is 0 Å². The highest BCUT2D eigenvalue weighted by Crippen LogP contribution is 2.14. The molecular formula is C9H11ClN2O. The Morgan fingerprint density at radius 1 is 1.46 bits per heavy atom. The molecule has 3 nitrogen and oxygen atoms in total. The predicted molar refractivity (Wildman–Crippen MR) is 53.4 cm³/mol. The zero-order valence-corrected chi connectivity index (χ0v) is 8.59. The third-order valence-corrected chi connectivity index (χ3v) is 1.95. The number of nitrogens with zero attached hydrogens (tertiary/aromatic N) is 2. The van der Waals surface area contributed by atoms with Gasteiger partial charge in [0.1, 0.15) is 5.82 Å². The summed E-state index contributed by atoms with van der Waals surface area (Å²) >= 11 is 5.31. The molecule has 0 aliphatic carbocycles. The average Bonchev–Trinajstić information content (AvgIpc) is 2.01. The molecule has 0 spiro atoms. The number of aromatic nitrogens is 1. The van der Waals surface area contributed by atoms with E-state index in [1.165, 1.54) is 4.90 Å². The lowest BCUT2D eigenvalue weighted by atomic mass is 10.2. The molecule has 70 valence electrons. The molecule has 0 atom stereocenters. The first-order valence-corrected chi connectivity index (χ1v) is 4.27. The van der Waals surface area contributed by atoms with E-state index in [1.807, 2.05) is 26.0 Å². The van der Waals surface area contributed by atoms with Gasteiger partial charge in [0.15, 0.2) is 0 Å². The maximum absolute atomic E-state index is 10.8. The fourth-order valence-electron chi connectivity index (χ4n) is 1.08. The molecule has 1 amide bonds. The smallest absolute Gasteiger partial charge is 0.286 e. The molecule has 0 aliphatic heterocycles. The Morgan fingerprint density at radius 3 is 2.54 bits per heavy atom. The first-order valence-electron chi connectivity index (χ1n) is 3.89. The maximum Gasteiger partial charge on any atom is 0.321 e. The van der Waals surface area contributed by atoms with Crippen LogP contribution < -0.4 is 4.90 Å². The molecule has 1 rings (SSSR count). The van der Waals surface area contributed by atoms with Crippen LogP contribution in [0.5, 0.6) is 0 Å². The molecule has 1 heterocycles. The molecule has 4 heteroatoms. The van der Waals surface area contributed by atoms with Crippen molar-refractivity contribution >= 4 is 22.8 Å². The van der Waals surface area contributed by atoms with Gasteiger partial charge in [-0.3, -0.25) is 9.69 Å². The van der Waals surface area contributed by atoms with E-state index in [4.69, 9.17) is 11.6 Å². The fraction of sp³-hybridized carbons (Fsp3) is 0.333. The van der Waals surface area contributed by atoms with Crippen LogP contribution in [0.25, 0.3) is 0 Å². The van der Waals surface area contributed by atoms with E-state index in [0.717, 1.165) is 11.3 Å². The van der Waals surface area contributed by atoms with Crippen LogP contribution in [0.15, 0.2) is 12.1 Å². The van der Waals surface area contributed by atoms with Crippen LogP contribution in [-0.4, -0.2) is 17.4 Å². The summed E-state index contributed by atoms with van der Waals surface area (Å²) in [6, 6.07) is 3.75. The summed E-state index contributed by atoms with van der Waals surface area (Å²) < 4.78 is 0. The number of carbonyl (C=O) groups excluding carboxylic acids is 1. The van der Waals surface area contributed by atoms with E-state index in [0.29, 0.717) is 5.82 Å². The summed E-state index contributed by atoms with van der Waals surface area (Å²) in [7, 11) is 1.59. The van der Waals surface area contributed by atoms with Gasteiger partial charge < -0.3 is 0 Å². The van der Waals surface area contributed by atoms with Crippen molar-refractivity contribution in [3.63, 3.8) is 0 Å². The monoisotopic (exact) mass is 198 g/mol. The van der Waals surface area contributed by atoms with Crippen molar-refractivity contribution in [2.45, 2.75) is 13.8 Å². The molecule has 0 saturated carbocycles. The average molecular weight is 199 g/mol. The molecule has 0 bridgehead atoms. The normalized spacial score (nSPS) is 9.85. The van der Waals surface area contributed by atoms with E-state index in [-0.39, 0.29) is 0 Å². The molecule has 0 radical (unpaired) electrons. The minimum Gasteiger partial charge on any atom is -0.286 e. The van der Waals surface area contributed by atoms with Crippen LogP contribution in [-0.2, 0) is 0 Å². The summed E-state index contributed by atoms with van der Waals surface area (Å²) in [6.07, 6.45) is 0. The highest BCUT2D eigenvalue weighted by molar-refractivity contribution is 6.66. The highest BCUT2D eigenvalue weighted by Gasteiger charge is 2.09. The second-order valence-corrected chi connectivity index (χ2v) is 3.28. The van der Waals surface area contributed by atoms with Crippen LogP contribution >= 0.6 is 11.6 Å². The molecule has 0 N–H and O–H groups in total. The van der Waals surface area contributed by atoms with Gasteiger partial charge in [0.2, 0.25) is 0 Å². The quantitative estimate of drug-likeness (QED) is 0.513. The minimum atomic E-state index is -0.530. The topological polar surface area (TPSA) is 33.2 Å². The summed E-state index contributed by atoms with van der Waals surface area (Å²) in [5.74, 6) is 0.581. The van der Waals surface area contributed by atoms with E-state index < -0.39 is 5.37 Å². The lowest BCUT2D eigenvalue weighted by Gasteiger charge is -2.13. The lowest BCUT2D eigenvalue weighted by Crippen LogP contribution is -2.21. The van der Waals surface area contributed by atoms with Gasteiger partial charge in [0, 0.05) is 12.7 Å². The lowest BCUT2D eigenvalue weighted by molar-refractivity contribution is 0.265. The Labute approximate surface area is 82.3 Å². The van der Waals surface area contributed by atoms with Crippen LogP contribution in [0, 0.1) is 13.8 Å². The van der Waals surface area contributed by atoms with Crippen molar-refractivity contribution < 1.29 is 4.79 Å². The SMILES string of the molecule is Cc1cc(C)nc(N(C)C(=O)Cl)c1. The Balaban J connectivity index is 3.07. The van der Waals surface area contributed by atoms with Gasteiger partial charge in [0.05, 0.1) is 0 Å².